The van der Waals surface area contributed by atoms with Gasteiger partial charge >= 0.3 is 0 Å². The van der Waals surface area contributed by atoms with E-state index >= 15 is 0 Å². The second kappa shape index (κ2) is 7.44. The smallest absolute Gasteiger partial charge is 0.0846 e. The molecule has 0 spiro atoms. The molecule has 6 nitrogen and oxygen atoms in total. The number of nitrogens with one attached hydrogen (secondary N) is 1. The molecule has 20 heavy (non-hydrogen) atoms. The summed E-state index contributed by atoms with van der Waals surface area (Å²) in [7, 11) is 1.89. The highest BCUT2D eigenvalue weighted by atomic mass is 32.1. The van der Waals surface area contributed by atoms with E-state index in [0.29, 0.717) is 0 Å². The van der Waals surface area contributed by atoms with Gasteiger partial charge in [-0.1, -0.05) is 30.0 Å². The Bertz CT molecular complexity index is 520. The minimum absolute atomic E-state index is 0.230. The fourth-order valence-corrected chi connectivity index (χ4v) is 2.93. The summed E-state index contributed by atoms with van der Waals surface area (Å²) in [6.07, 6.45) is 5.97. The molecule has 1 N–H and O–H groups in total. The molecule has 110 valence electrons. The molecule has 0 bridgehead atoms. The highest BCUT2D eigenvalue weighted by Crippen LogP contribution is 2.24. The van der Waals surface area contributed by atoms with Crippen molar-refractivity contribution < 1.29 is 0 Å². The summed E-state index contributed by atoms with van der Waals surface area (Å²) in [5.41, 5.74) is 2.12. The lowest BCUT2D eigenvalue weighted by Crippen LogP contribution is -2.24. The van der Waals surface area contributed by atoms with Gasteiger partial charge in [-0.25, -0.2) is 0 Å². The van der Waals surface area contributed by atoms with E-state index in [9.17, 15) is 0 Å². The Hall–Kier alpha value is -1.34. The highest BCUT2D eigenvalue weighted by Gasteiger charge is 2.20. The summed E-state index contributed by atoms with van der Waals surface area (Å²) >= 11 is 1.50. The third-order valence-corrected chi connectivity index (χ3v) is 3.97. The van der Waals surface area contributed by atoms with E-state index in [1.54, 1.807) is 4.68 Å². The molecule has 1 atom stereocenters. The van der Waals surface area contributed by atoms with Crippen molar-refractivity contribution in [2.24, 2.45) is 7.05 Å². The van der Waals surface area contributed by atoms with Crippen LogP contribution in [0.4, 0.5) is 0 Å². The third-order valence-electron chi connectivity index (χ3n) is 3.09. The lowest BCUT2D eigenvalue weighted by atomic mass is 10.1. The Morgan fingerprint density at radius 2 is 2.15 bits per heavy atom. The van der Waals surface area contributed by atoms with Gasteiger partial charge in [-0.3, -0.25) is 4.68 Å². The van der Waals surface area contributed by atoms with Crippen LogP contribution in [0.5, 0.6) is 0 Å². The van der Waals surface area contributed by atoms with Gasteiger partial charge in [0.05, 0.1) is 22.3 Å². The minimum atomic E-state index is 0.230. The van der Waals surface area contributed by atoms with Crippen LogP contribution in [0.2, 0.25) is 0 Å². The Morgan fingerprint density at radius 3 is 2.80 bits per heavy atom. The van der Waals surface area contributed by atoms with E-state index in [4.69, 9.17) is 0 Å². The molecular weight excluding hydrogens is 272 g/mol. The predicted octanol–water partition coefficient (Wildman–Crippen LogP) is 1.90. The molecule has 0 aliphatic heterocycles. The van der Waals surface area contributed by atoms with E-state index in [0.717, 1.165) is 43.6 Å². The summed E-state index contributed by atoms with van der Waals surface area (Å²) in [5, 5.41) is 16.0. The van der Waals surface area contributed by atoms with Crippen molar-refractivity contribution in [3.05, 3.63) is 22.5 Å². The Morgan fingerprint density at radius 1 is 1.30 bits per heavy atom. The number of aromatic nitrogens is 5. The maximum Gasteiger partial charge on any atom is 0.0846 e. The standard InChI is InChI=1S/C13H22N6S/c1-4-6-11-13(20-18-16-11)12(14-7-5-2)8-10-9-19(3)17-15-10/h9,12,14H,4-8H2,1-3H3. The van der Waals surface area contributed by atoms with Crippen molar-refractivity contribution in [2.75, 3.05) is 6.54 Å². The number of hydrogen-bond acceptors (Lipinski definition) is 6. The Labute approximate surface area is 123 Å². The first-order valence-electron chi connectivity index (χ1n) is 7.14. The summed E-state index contributed by atoms with van der Waals surface area (Å²) in [5.74, 6) is 0. The van der Waals surface area contributed by atoms with Crippen molar-refractivity contribution in [1.29, 1.82) is 0 Å². The van der Waals surface area contributed by atoms with Gasteiger partial charge in [-0.05, 0) is 30.9 Å². The van der Waals surface area contributed by atoms with E-state index in [1.807, 2.05) is 13.2 Å². The average molecular weight is 294 g/mol. The minimum Gasteiger partial charge on any atom is -0.309 e. The van der Waals surface area contributed by atoms with Crippen LogP contribution in [-0.4, -0.2) is 31.1 Å². The number of nitrogens with zero attached hydrogens (tertiary/aromatic N) is 5. The van der Waals surface area contributed by atoms with Crippen LogP contribution in [-0.2, 0) is 19.9 Å². The summed E-state index contributed by atoms with van der Waals surface area (Å²) in [6.45, 7) is 5.32. The van der Waals surface area contributed by atoms with Crippen LogP contribution in [0.3, 0.4) is 0 Å². The van der Waals surface area contributed by atoms with Gasteiger partial charge in [0.25, 0.3) is 0 Å². The van der Waals surface area contributed by atoms with E-state index in [-0.39, 0.29) is 6.04 Å². The molecule has 0 aromatic carbocycles. The maximum absolute atomic E-state index is 4.27. The zero-order valence-electron chi connectivity index (χ0n) is 12.3. The average Bonchev–Trinajstić information content (AvgIpc) is 3.04. The lowest BCUT2D eigenvalue weighted by Gasteiger charge is -2.16. The summed E-state index contributed by atoms with van der Waals surface area (Å²) in [6, 6.07) is 0.230. The molecule has 0 aliphatic carbocycles. The molecule has 1 unspecified atom stereocenters. The van der Waals surface area contributed by atoms with Gasteiger partial charge < -0.3 is 5.32 Å². The van der Waals surface area contributed by atoms with Crippen molar-refractivity contribution in [3.63, 3.8) is 0 Å². The highest BCUT2D eigenvalue weighted by molar-refractivity contribution is 7.05. The Balaban J connectivity index is 2.15. The predicted molar refractivity (Wildman–Crippen MR) is 79.6 cm³/mol. The lowest BCUT2D eigenvalue weighted by molar-refractivity contribution is 0.526. The normalized spacial score (nSPS) is 12.8. The van der Waals surface area contributed by atoms with Crippen LogP contribution in [0, 0.1) is 0 Å². The molecule has 2 rings (SSSR count). The molecule has 0 saturated heterocycles. The van der Waals surface area contributed by atoms with Gasteiger partial charge in [0.2, 0.25) is 0 Å². The first kappa shape index (κ1) is 15.1. The SMILES string of the molecule is CCCNC(Cc1cn(C)nn1)c1snnc1CCC. The van der Waals surface area contributed by atoms with Crippen molar-refractivity contribution in [2.45, 2.75) is 45.6 Å². The van der Waals surface area contributed by atoms with Crippen molar-refractivity contribution >= 4 is 11.5 Å². The van der Waals surface area contributed by atoms with Crippen molar-refractivity contribution in [3.8, 4) is 0 Å². The molecule has 0 saturated carbocycles. The topological polar surface area (TPSA) is 68.5 Å². The third kappa shape index (κ3) is 3.83. The van der Waals surface area contributed by atoms with Gasteiger partial charge in [0.15, 0.2) is 0 Å². The fraction of sp³-hybridized carbons (Fsp3) is 0.692. The molecule has 2 aromatic rings. The van der Waals surface area contributed by atoms with Gasteiger partial charge in [-0.2, -0.15) is 0 Å². The molecular formula is C13H22N6S. The zero-order valence-corrected chi connectivity index (χ0v) is 13.2. The second-order valence-electron chi connectivity index (χ2n) is 4.93. The number of hydrogen-bond donors (Lipinski definition) is 1. The van der Waals surface area contributed by atoms with Crippen LogP contribution < -0.4 is 5.32 Å². The van der Waals surface area contributed by atoms with Gasteiger partial charge in [0.1, 0.15) is 0 Å². The number of aryl methyl sites for hydroxylation is 2. The molecule has 2 aromatic heterocycles. The van der Waals surface area contributed by atoms with Crippen molar-refractivity contribution in [1.82, 2.24) is 29.9 Å². The quantitative estimate of drug-likeness (QED) is 0.805. The summed E-state index contributed by atoms with van der Waals surface area (Å²) in [4.78, 5) is 1.24. The number of rotatable bonds is 8. The molecule has 0 aliphatic rings. The fourth-order valence-electron chi connectivity index (χ4n) is 2.16. The van der Waals surface area contributed by atoms with Crippen LogP contribution in [0.15, 0.2) is 6.20 Å². The van der Waals surface area contributed by atoms with E-state index < -0.39 is 0 Å². The first-order chi connectivity index (χ1) is 9.74. The molecule has 2 heterocycles. The molecule has 0 fully saturated rings. The Kier molecular flexibility index (Phi) is 5.60. The molecule has 0 amide bonds. The van der Waals surface area contributed by atoms with E-state index in [2.05, 4.69) is 39.1 Å². The zero-order chi connectivity index (χ0) is 14.4. The van der Waals surface area contributed by atoms with Crippen LogP contribution >= 0.6 is 11.5 Å². The summed E-state index contributed by atoms with van der Waals surface area (Å²) < 4.78 is 5.87. The second-order valence-corrected chi connectivity index (χ2v) is 5.71. The van der Waals surface area contributed by atoms with Gasteiger partial charge in [-0.15, -0.1) is 10.2 Å². The van der Waals surface area contributed by atoms with E-state index in [1.165, 1.54) is 16.4 Å². The van der Waals surface area contributed by atoms with Crippen LogP contribution in [0.1, 0.15) is 49.0 Å². The van der Waals surface area contributed by atoms with Crippen LogP contribution in [0.25, 0.3) is 0 Å². The largest absolute Gasteiger partial charge is 0.309 e. The monoisotopic (exact) mass is 294 g/mol. The maximum atomic E-state index is 4.27. The first-order valence-corrected chi connectivity index (χ1v) is 7.91. The molecule has 7 heteroatoms. The van der Waals surface area contributed by atoms with Gasteiger partial charge in [0, 0.05) is 19.7 Å². The molecule has 0 radical (unpaired) electrons.